The number of aryl methyl sites for hydroxylation is 1. The largest absolute Gasteiger partial charge is 0.477 e. The van der Waals surface area contributed by atoms with Crippen LogP contribution in [0.25, 0.3) is 0 Å². The zero-order valence-electron chi connectivity index (χ0n) is 21.5. The molecule has 2 aliphatic rings. The van der Waals surface area contributed by atoms with Gasteiger partial charge in [0.1, 0.15) is 11.9 Å². The maximum Gasteiger partial charge on any atom is 0.354 e. The number of hydrogen-bond acceptors (Lipinski definition) is 9. The standard InChI is InChI=1S/C27H24BrF2N5O4S/c1-12-11-32-23(33-20(12)26(36)37)14-5-3-13(4-6-14)21-17(27(38)39-2)22(15-7-8-16(29)19(30)18(15)28)35-24(34-21)25-31-9-10-40-25/h7-11,13-14,22H,3-6H2,1-2H3,(H,34,35)(H,36,37). The highest BCUT2D eigenvalue weighted by Crippen LogP contribution is 2.43. The van der Waals surface area contributed by atoms with E-state index in [0.717, 1.165) is 6.07 Å². The first-order chi connectivity index (χ1) is 19.2. The Morgan fingerprint density at radius 1 is 1.15 bits per heavy atom. The molecule has 1 unspecified atom stereocenters. The summed E-state index contributed by atoms with van der Waals surface area (Å²) in [6.45, 7) is 1.66. The van der Waals surface area contributed by atoms with E-state index in [4.69, 9.17) is 9.73 Å². The Bertz CT molecular complexity index is 1540. The smallest absolute Gasteiger partial charge is 0.354 e. The van der Waals surface area contributed by atoms with E-state index in [1.165, 1.54) is 30.7 Å². The highest BCUT2D eigenvalue weighted by Gasteiger charge is 2.38. The molecule has 2 aromatic heterocycles. The average molecular weight is 632 g/mol. The van der Waals surface area contributed by atoms with Crippen LogP contribution in [0.5, 0.6) is 0 Å². The number of carbonyl (C=O) groups is 2. The molecule has 0 bridgehead atoms. The number of aromatic carboxylic acids is 1. The van der Waals surface area contributed by atoms with Crippen molar-refractivity contribution in [1.82, 2.24) is 20.3 Å². The molecule has 1 saturated carbocycles. The van der Waals surface area contributed by atoms with Crippen LogP contribution in [0.3, 0.4) is 0 Å². The fraction of sp³-hybridized carbons (Fsp3) is 0.333. The van der Waals surface area contributed by atoms with Gasteiger partial charge in [-0.3, -0.25) is 4.99 Å². The summed E-state index contributed by atoms with van der Waals surface area (Å²) in [5, 5.41) is 15.1. The zero-order chi connectivity index (χ0) is 28.6. The quantitative estimate of drug-likeness (QED) is 0.271. The molecule has 208 valence electrons. The lowest BCUT2D eigenvalue weighted by Crippen LogP contribution is -2.37. The van der Waals surface area contributed by atoms with Crippen molar-refractivity contribution in [2.45, 2.75) is 44.6 Å². The van der Waals surface area contributed by atoms with Gasteiger partial charge in [0, 0.05) is 35.0 Å². The topological polar surface area (TPSA) is 127 Å². The predicted molar refractivity (Wildman–Crippen MR) is 146 cm³/mol. The second-order valence-electron chi connectivity index (χ2n) is 9.54. The van der Waals surface area contributed by atoms with Gasteiger partial charge in [-0.1, -0.05) is 6.07 Å². The summed E-state index contributed by atoms with van der Waals surface area (Å²) < 4.78 is 33.6. The number of aliphatic imine (C=N–C) groups is 1. The van der Waals surface area contributed by atoms with Crippen LogP contribution in [0, 0.1) is 24.5 Å². The Morgan fingerprint density at radius 2 is 1.88 bits per heavy atom. The molecule has 2 N–H and O–H groups in total. The van der Waals surface area contributed by atoms with Gasteiger partial charge >= 0.3 is 11.9 Å². The highest BCUT2D eigenvalue weighted by atomic mass is 79.9. The van der Waals surface area contributed by atoms with Gasteiger partial charge in [-0.15, -0.1) is 11.3 Å². The van der Waals surface area contributed by atoms with Gasteiger partial charge in [0.05, 0.1) is 17.2 Å². The minimum absolute atomic E-state index is 0.0130. The lowest BCUT2D eigenvalue weighted by atomic mass is 9.77. The molecule has 40 heavy (non-hydrogen) atoms. The van der Waals surface area contributed by atoms with Crippen LogP contribution in [0.2, 0.25) is 0 Å². The molecule has 1 aromatic carbocycles. The number of benzene rings is 1. The third-order valence-electron chi connectivity index (χ3n) is 7.17. The lowest BCUT2D eigenvalue weighted by molar-refractivity contribution is -0.136. The molecular weight excluding hydrogens is 608 g/mol. The minimum atomic E-state index is -1.10. The monoisotopic (exact) mass is 631 g/mol. The predicted octanol–water partition coefficient (Wildman–Crippen LogP) is 5.47. The summed E-state index contributed by atoms with van der Waals surface area (Å²) in [6.07, 6.45) is 5.71. The van der Waals surface area contributed by atoms with Crippen molar-refractivity contribution >= 4 is 45.0 Å². The first kappa shape index (κ1) is 28.0. The van der Waals surface area contributed by atoms with Gasteiger partial charge in [-0.25, -0.2) is 33.3 Å². The Hall–Kier alpha value is -3.58. The van der Waals surface area contributed by atoms with Gasteiger partial charge in [0.25, 0.3) is 0 Å². The third-order valence-corrected chi connectivity index (χ3v) is 8.75. The van der Waals surface area contributed by atoms with Crippen molar-refractivity contribution in [2.24, 2.45) is 10.9 Å². The molecule has 5 rings (SSSR count). The zero-order valence-corrected chi connectivity index (χ0v) is 23.9. The van der Waals surface area contributed by atoms with Gasteiger partial charge in [0.15, 0.2) is 28.2 Å². The summed E-state index contributed by atoms with van der Waals surface area (Å²) in [7, 11) is 1.26. The maximum absolute atomic E-state index is 14.6. The summed E-state index contributed by atoms with van der Waals surface area (Å²) in [5.41, 5.74) is 1.55. The maximum atomic E-state index is 14.6. The van der Waals surface area contributed by atoms with Crippen molar-refractivity contribution in [1.29, 1.82) is 0 Å². The number of amidine groups is 1. The SMILES string of the molecule is COC(=O)C1=C(C2CCC(c3ncc(C)c(C(=O)O)n3)CC2)NC(c2nccs2)=NC1c1ccc(F)c(F)c1Br. The number of methoxy groups -OCH3 is 1. The van der Waals surface area contributed by atoms with Gasteiger partial charge in [-0.2, -0.15) is 0 Å². The van der Waals surface area contributed by atoms with Gasteiger partial charge in [-0.05, 0) is 66.1 Å². The molecule has 9 nitrogen and oxygen atoms in total. The fourth-order valence-electron chi connectivity index (χ4n) is 5.16. The summed E-state index contributed by atoms with van der Waals surface area (Å²) in [4.78, 5) is 42.5. The van der Waals surface area contributed by atoms with Crippen LogP contribution in [-0.4, -0.2) is 44.9 Å². The van der Waals surface area contributed by atoms with Crippen molar-refractivity contribution < 1.29 is 28.2 Å². The number of nitrogens with zero attached hydrogens (tertiary/aromatic N) is 4. The second-order valence-corrected chi connectivity index (χ2v) is 11.2. The van der Waals surface area contributed by atoms with Crippen LogP contribution >= 0.6 is 27.3 Å². The molecule has 3 heterocycles. The van der Waals surface area contributed by atoms with Crippen molar-refractivity contribution in [3.63, 3.8) is 0 Å². The number of carboxylic acid groups (broad SMARTS) is 1. The normalized spacial score (nSPS) is 21.0. The van der Waals surface area contributed by atoms with Crippen LogP contribution < -0.4 is 5.32 Å². The molecule has 13 heteroatoms. The molecule has 3 aromatic rings. The number of esters is 1. The Labute approximate surface area is 240 Å². The number of ether oxygens (including phenoxy) is 1. The molecule has 1 aliphatic heterocycles. The molecule has 1 atom stereocenters. The van der Waals surface area contributed by atoms with Crippen molar-refractivity contribution in [2.75, 3.05) is 7.11 Å². The van der Waals surface area contributed by atoms with Crippen LogP contribution in [0.4, 0.5) is 8.78 Å². The van der Waals surface area contributed by atoms with Gasteiger partial charge < -0.3 is 15.2 Å². The number of thiazole rings is 1. The molecule has 1 aliphatic carbocycles. The summed E-state index contributed by atoms with van der Waals surface area (Å²) in [5.74, 6) is -3.13. The Kier molecular flexibility index (Phi) is 8.04. The number of carbonyl (C=O) groups excluding carboxylic acids is 1. The lowest BCUT2D eigenvalue weighted by Gasteiger charge is -2.35. The number of nitrogens with one attached hydrogen (secondary N) is 1. The first-order valence-corrected chi connectivity index (χ1v) is 14.1. The summed E-state index contributed by atoms with van der Waals surface area (Å²) >= 11 is 4.51. The molecule has 0 amide bonds. The average Bonchev–Trinajstić information content (AvgIpc) is 3.50. The van der Waals surface area contributed by atoms with Crippen LogP contribution in [0.1, 0.15) is 70.1 Å². The second kappa shape index (κ2) is 11.5. The number of carboxylic acids is 1. The van der Waals surface area contributed by atoms with E-state index in [1.54, 1.807) is 18.5 Å². The molecular formula is C27H24BrF2N5O4S. The number of aromatic nitrogens is 3. The molecule has 0 spiro atoms. The van der Waals surface area contributed by atoms with E-state index in [2.05, 4.69) is 36.2 Å². The van der Waals surface area contributed by atoms with E-state index in [1.807, 2.05) is 0 Å². The minimum Gasteiger partial charge on any atom is -0.477 e. The van der Waals surface area contributed by atoms with E-state index in [0.29, 0.717) is 53.6 Å². The first-order valence-electron chi connectivity index (χ1n) is 12.5. The Balaban J connectivity index is 1.53. The van der Waals surface area contributed by atoms with E-state index < -0.39 is 29.6 Å². The molecule has 0 saturated heterocycles. The third kappa shape index (κ3) is 5.27. The van der Waals surface area contributed by atoms with E-state index >= 15 is 0 Å². The summed E-state index contributed by atoms with van der Waals surface area (Å²) in [6, 6.07) is 1.42. The van der Waals surface area contributed by atoms with Gasteiger partial charge in [0.2, 0.25) is 0 Å². The van der Waals surface area contributed by atoms with Crippen molar-refractivity contribution in [3.05, 3.63) is 84.9 Å². The van der Waals surface area contributed by atoms with E-state index in [-0.39, 0.29) is 33.1 Å². The van der Waals surface area contributed by atoms with Crippen LogP contribution in [0.15, 0.2) is 50.6 Å². The number of allylic oxidation sites excluding steroid dienone is 1. The molecule has 0 radical (unpaired) electrons. The molecule has 1 fully saturated rings. The highest BCUT2D eigenvalue weighted by molar-refractivity contribution is 9.10. The number of hydrogen-bond donors (Lipinski definition) is 2. The fourth-order valence-corrected chi connectivity index (χ4v) is 6.28. The van der Waals surface area contributed by atoms with Crippen LogP contribution in [-0.2, 0) is 9.53 Å². The Morgan fingerprint density at radius 3 is 2.52 bits per heavy atom. The number of halogens is 3. The van der Waals surface area contributed by atoms with Crippen molar-refractivity contribution in [3.8, 4) is 0 Å². The number of rotatable bonds is 6. The van der Waals surface area contributed by atoms with E-state index in [9.17, 15) is 23.5 Å².